The molecule has 0 unspecified atom stereocenters. The molecule has 3 rings (SSSR count). The number of carbonyl (C=O) groups excluding carboxylic acids is 1. The van der Waals surface area contributed by atoms with Gasteiger partial charge in [-0.3, -0.25) is 4.79 Å². The molecule has 108 valence electrons. The van der Waals surface area contributed by atoms with Gasteiger partial charge in [-0.25, -0.2) is 4.98 Å². The number of amides is 1. The molecule has 2 heterocycles. The van der Waals surface area contributed by atoms with Crippen molar-refractivity contribution in [2.45, 2.75) is 19.3 Å². The Morgan fingerprint density at radius 3 is 2.86 bits per heavy atom. The van der Waals surface area contributed by atoms with E-state index in [0.717, 1.165) is 16.9 Å². The first kappa shape index (κ1) is 14.2. The number of aryl methyl sites for hydroxylation is 1. The third-order valence-electron chi connectivity index (χ3n) is 3.18. The SMILES string of the molecule is O=C(CCc1nc2ccccc2s1)NCCc1cccs1. The summed E-state index contributed by atoms with van der Waals surface area (Å²) in [6.07, 6.45) is 2.12. The highest BCUT2D eigenvalue weighted by Gasteiger charge is 2.06. The molecule has 5 heteroatoms. The minimum atomic E-state index is 0.103. The lowest BCUT2D eigenvalue weighted by Crippen LogP contribution is -2.25. The Morgan fingerprint density at radius 1 is 1.14 bits per heavy atom. The molecule has 0 fully saturated rings. The van der Waals surface area contributed by atoms with Crippen LogP contribution < -0.4 is 5.32 Å². The summed E-state index contributed by atoms with van der Waals surface area (Å²) in [5.74, 6) is 0.103. The summed E-state index contributed by atoms with van der Waals surface area (Å²) >= 11 is 3.40. The van der Waals surface area contributed by atoms with Crippen molar-refractivity contribution in [2.75, 3.05) is 6.54 Å². The van der Waals surface area contributed by atoms with Crippen molar-refractivity contribution in [1.29, 1.82) is 0 Å². The van der Waals surface area contributed by atoms with Crippen LogP contribution in [0.3, 0.4) is 0 Å². The smallest absolute Gasteiger partial charge is 0.220 e. The number of rotatable bonds is 6. The second-order valence-corrected chi connectivity index (χ2v) is 6.90. The summed E-state index contributed by atoms with van der Waals surface area (Å²) in [5, 5.41) is 6.06. The molecule has 0 atom stereocenters. The molecule has 0 saturated heterocycles. The minimum absolute atomic E-state index is 0.103. The fourth-order valence-electron chi connectivity index (χ4n) is 2.12. The number of hydrogen-bond acceptors (Lipinski definition) is 4. The van der Waals surface area contributed by atoms with E-state index >= 15 is 0 Å². The number of nitrogens with zero attached hydrogens (tertiary/aromatic N) is 1. The first-order chi connectivity index (χ1) is 10.3. The molecule has 0 aliphatic heterocycles. The Morgan fingerprint density at radius 2 is 2.05 bits per heavy atom. The van der Waals surface area contributed by atoms with Crippen LogP contribution in [0.2, 0.25) is 0 Å². The summed E-state index contributed by atoms with van der Waals surface area (Å²) in [7, 11) is 0. The zero-order valence-electron chi connectivity index (χ0n) is 11.5. The normalized spacial score (nSPS) is 10.9. The first-order valence-electron chi connectivity index (χ1n) is 6.95. The Bertz CT molecular complexity index is 686. The largest absolute Gasteiger partial charge is 0.356 e. The van der Waals surface area contributed by atoms with Gasteiger partial charge in [-0.2, -0.15) is 0 Å². The van der Waals surface area contributed by atoms with Gasteiger partial charge in [0.15, 0.2) is 0 Å². The van der Waals surface area contributed by atoms with Gasteiger partial charge in [-0.1, -0.05) is 18.2 Å². The molecule has 1 aromatic carbocycles. The van der Waals surface area contributed by atoms with E-state index in [9.17, 15) is 4.79 Å². The van der Waals surface area contributed by atoms with E-state index in [4.69, 9.17) is 0 Å². The Kier molecular flexibility index (Phi) is 4.62. The van der Waals surface area contributed by atoms with Crippen LogP contribution in [-0.4, -0.2) is 17.4 Å². The van der Waals surface area contributed by atoms with Crippen molar-refractivity contribution in [2.24, 2.45) is 0 Å². The van der Waals surface area contributed by atoms with Crippen molar-refractivity contribution in [3.8, 4) is 0 Å². The lowest BCUT2D eigenvalue weighted by atomic mass is 10.3. The molecule has 0 aliphatic rings. The fraction of sp³-hybridized carbons (Fsp3) is 0.250. The maximum atomic E-state index is 11.8. The van der Waals surface area contributed by atoms with Crippen molar-refractivity contribution in [3.05, 3.63) is 51.7 Å². The third-order valence-corrected chi connectivity index (χ3v) is 5.21. The molecule has 1 N–H and O–H groups in total. The van der Waals surface area contributed by atoms with Crippen LogP contribution in [0.15, 0.2) is 41.8 Å². The molecule has 3 aromatic rings. The third kappa shape index (κ3) is 3.89. The number of nitrogens with one attached hydrogen (secondary N) is 1. The van der Waals surface area contributed by atoms with Crippen molar-refractivity contribution in [1.82, 2.24) is 10.3 Å². The molecule has 0 spiro atoms. The molecule has 1 amide bonds. The molecule has 0 radical (unpaired) electrons. The van der Waals surface area contributed by atoms with E-state index in [-0.39, 0.29) is 5.91 Å². The Balaban J connectivity index is 1.44. The average Bonchev–Trinajstić information content (AvgIpc) is 3.13. The number of thiazole rings is 1. The highest BCUT2D eigenvalue weighted by Crippen LogP contribution is 2.22. The molecule has 0 bridgehead atoms. The van der Waals surface area contributed by atoms with Gasteiger partial charge < -0.3 is 5.32 Å². The van der Waals surface area contributed by atoms with Crippen molar-refractivity contribution in [3.63, 3.8) is 0 Å². The zero-order valence-corrected chi connectivity index (χ0v) is 13.2. The number of aromatic nitrogens is 1. The van der Waals surface area contributed by atoms with Crippen LogP contribution in [0.5, 0.6) is 0 Å². The Labute approximate surface area is 131 Å². The predicted molar refractivity (Wildman–Crippen MR) is 89.0 cm³/mol. The standard InChI is InChI=1S/C16H16N2OS2/c19-15(17-10-9-12-4-3-11-20-12)7-8-16-18-13-5-1-2-6-14(13)21-16/h1-6,11H,7-10H2,(H,17,19). The summed E-state index contributed by atoms with van der Waals surface area (Å²) in [6.45, 7) is 0.708. The van der Waals surface area contributed by atoms with Gasteiger partial charge in [0, 0.05) is 24.3 Å². The summed E-state index contributed by atoms with van der Waals surface area (Å²) < 4.78 is 1.19. The van der Waals surface area contributed by atoms with E-state index in [1.54, 1.807) is 22.7 Å². The lowest BCUT2D eigenvalue weighted by Gasteiger charge is -2.03. The first-order valence-corrected chi connectivity index (χ1v) is 8.64. The molecular formula is C16H16N2OS2. The quantitative estimate of drug-likeness (QED) is 0.754. The number of fused-ring (bicyclic) bond motifs is 1. The number of thiophene rings is 1. The van der Waals surface area contributed by atoms with E-state index < -0.39 is 0 Å². The summed E-state index contributed by atoms with van der Waals surface area (Å²) in [4.78, 5) is 17.7. The highest BCUT2D eigenvalue weighted by atomic mass is 32.1. The molecule has 3 nitrogen and oxygen atoms in total. The van der Waals surface area contributed by atoms with Crippen LogP contribution in [0.4, 0.5) is 0 Å². The van der Waals surface area contributed by atoms with E-state index in [2.05, 4.69) is 27.8 Å². The van der Waals surface area contributed by atoms with Crippen molar-refractivity contribution >= 4 is 38.8 Å². The topological polar surface area (TPSA) is 42.0 Å². The van der Waals surface area contributed by atoms with Gasteiger partial charge in [-0.15, -0.1) is 22.7 Å². The van der Waals surface area contributed by atoms with Gasteiger partial charge in [0.25, 0.3) is 0 Å². The van der Waals surface area contributed by atoms with E-state index in [1.165, 1.54) is 9.58 Å². The van der Waals surface area contributed by atoms with E-state index in [1.807, 2.05) is 24.3 Å². The van der Waals surface area contributed by atoms with Gasteiger partial charge >= 0.3 is 0 Å². The monoisotopic (exact) mass is 316 g/mol. The van der Waals surface area contributed by atoms with Crippen LogP contribution in [-0.2, 0) is 17.6 Å². The van der Waals surface area contributed by atoms with Gasteiger partial charge in [0.1, 0.15) is 0 Å². The fourth-order valence-corrected chi connectivity index (χ4v) is 3.79. The summed E-state index contributed by atoms with van der Waals surface area (Å²) in [6, 6.07) is 12.2. The van der Waals surface area contributed by atoms with Gasteiger partial charge in [0.05, 0.1) is 15.2 Å². The van der Waals surface area contributed by atoms with Gasteiger partial charge in [0.2, 0.25) is 5.91 Å². The second kappa shape index (κ2) is 6.83. The maximum absolute atomic E-state index is 11.8. The zero-order chi connectivity index (χ0) is 14.5. The van der Waals surface area contributed by atoms with Crippen LogP contribution >= 0.6 is 22.7 Å². The lowest BCUT2D eigenvalue weighted by molar-refractivity contribution is -0.121. The predicted octanol–water partition coefficient (Wildman–Crippen LogP) is 3.65. The average molecular weight is 316 g/mol. The number of para-hydroxylation sites is 1. The minimum Gasteiger partial charge on any atom is -0.356 e. The van der Waals surface area contributed by atoms with Crippen molar-refractivity contribution < 1.29 is 4.79 Å². The number of benzene rings is 1. The molecule has 2 aromatic heterocycles. The number of carbonyl (C=O) groups is 1. The van der Waals surface area contributed by atoms with Crippen LogP contribution in [0, 0.1) is 0 Å². The molecular weight excluding hydrogens is 300 g/mol. The maximum Gasteiger partial charge on any atom is 0.220 e. The molecule has 0 saturated carbocycles. The molecule has 0 aliphatic carbocycles. The Hall–Kier alpha value is -1.72. The van der Waals surface area contributed by atoms with E-state index in [0.29, 0.717) is 19.4 Å². The summed E-state index contributed by atoms with van der Waals surface area (Å²) in [5.41, 5.74) is 1.02. The van der Waals surface area contributed by atoms with Crippen LogP contribution in [0.25, 0.3) is 10.2 Å². The van der Waals surface area contributed by atoms with Gasteiger partial charge in [-0.05, 0) is 30.0 Å². The highest BCUT2D eigenvalue weighted by molar-refractivity contribution is 7.18. The molecule has 21 heavy (non-hydrogen) atoms. The van der Waals surface area contributed by atoms with Crippen LogP contribution in [0.1, 0.15) is 16.3 Å². The number of hydrogen-bond donors (Lipinski definition) is 1. The second-order valence-electron chi connectivity index (χ2n) is 4.75.